The molecule has 2 N–H and O–H groups in total. The predicted octanol–water partition coefficient (Wildman–Crippen LogP) is 0.914. The van der Waals surface area contributed by atoms with E-state index in [0.29, 0.717) is 12.5 Å². The number of aromatic nitrogens is 2. The molecule has 7 nitrogen and oxygen atoms in total. The maximum Gasteiger partial charge on any atom is 0.239 e. The molecule has 0 bridgehead atoms. The number of nitrogens with zero attached hydrogens (tertiary/aromatic N) is 3. The van der Waals surface area contributed by atoms with Crippen molar-refractivity contribution in [2.45, 2.75) is 32.4 Å². The minimum absolute atomic E-state index is 0.0526. The number of ether oxygens (including phenoxy) is 1. The van der Waals surface area contributed by atoms with Crippen molar-refractivity contribution < 1.29 is 9.53 Å². The first-order valence-electron chi connectivity index (χ1n) is 9.73. The van der Waals surface area contributed by atoms with E-state index in [-0.39, 0.29) is 11.9 Å². The van der Waals surface area contributed by atoms with Gasteiger partial charge in [-0.3, -0.25) is 9.69 Å². The van der Waals surface area contributed by atoms with Crippen LogP contribution in [0.25, 0.3) is 5.52 Å². The monoisotopic (exact) mass is 371 g/mol. The van der Waals surface area contributed by atoms with Crippen LogP contribution in [0.1, 0.15) is 25.2 Å². The van der Waals surface area contributed by atoms with Crippen LogP contribution < -0.4 is 10.6 Å². The molecular weight excluding hydrogens is 342 g/mol. The fourth-order valence-electron chi connectivity index (χ4n) is 4.02. The van der Waals surface area contributed by atoms with Crippen LogP contribution in [0.4, 0.5) is 0 Å². The summed E-state index contributed by atoms with van der Waals surface area (Å²) in [5.41, 5.74) is 1.67. The van der Waals surface area contributed by atoms with Gasteiger partial charge in [-0.2, -0.15) is 0 Å². The number of carbonyl (C=O) groups excluding carboxylic acids is 1. The average molecular weight is 371 g/mol. The van der Waals surface area contributed by atoms with Gasteiger partial charge in [-0.25, -0.2) is 4.98 Å². The third-order valence-corrected chi connectivity index (χ3v) is 5.63. The normalized spacial score (nSPS) is 22.0. The van der Waals surface area contributed by atoms with E-state index in [1.807, 2.05) is 32.3 Å². The number of carbonyl (C=O) groups is 1. The van der Waals surface area contributed by atoms with Crippen molar-refractivity contribution in [2.24, 2.45) is 5.92 Å². The van der Waals surface area contributed by atoms with Gasteiger partial charge >= 0.3 is 0 Å². The van der Waals surface area contributed by atoms with Gasteiger partial charge in [0.1, 0.15) is 11.9 Å². The fraction of sp³-hybridized carbons (Fsp3) is 0.600. The maximum absolute atomic E-state index is 13.1. The molecule has 4 rings (SSSR count). The summed E-state index contributed by atoms with van der Waals surface area (Å²) in [6.45, 7) is 11.1. The Hall–Kier alpha value is -1.96. The largest absolute Gasteiger partial charge is 0.381 e. The van der Waals surface area contributed by atoms with E-state index in [1.54, 1.807) is 0 Å². The van der Waals surface area contributed by atoms with Gasteiger partial charge in [0.2, 0.25) is 5.91 Å². The summed E-state index contributed by atoms with van der Waals surface area (Å²) in [6.07, 6.45) is 3.88. The maximum atomic E-state index is 13.1. The Labute approximate surface area is 160 Å². The van der Waals surface area contributed by atoms with Crippen molar-refractivity contribution in [3.8, 4) is 0 Å². The molecule has 1 atom stereocenters. The number of rotatable bonds is 5. The second kappa shape index (κ2) is 7.22. The Bertz CT molecular complexity index is 827. The lowest BCUT2D eigenvalue weighted by molar-refractivity contribution is -0.130. The zero-order chi connectivity index (χ0) is 19.0. The standard InChI is InChI=1S/C20H29N5O2/c1-14-5-4-7-25-16(14)10-22-19(25)20(2,3)23-18(26)17-9-21-6-8-24(17)11-15-12-27-13-15/h4-5,7,10,15,17,21H,6,8-9,11-13H2,1-3H3,(H,23,26)/t17-/m1/s1. The van der Waals surface area contributed by atoms with E-state index in [2.05, 4.69) is 37.9 Å². The number of nitrogens with one attached hydrogen (secondary N) is 2. The summed E-state index contributed by atoms with van der Waals surface area (Å²) in [5, 5.41) is 6.60. The minimum atomic E-state index is -0.569. The molecule has 0 unspecified atom stereocenters. The lowest BCUT2D eigenvalue weighted by Gasteiger charge is -2.40. The van der Waals surface area contributed by atoms with Crippen LogP contribution >= 0.6 is 0 Å². The first-order valence-corrected chi connectivity index (χ1v) is 9.73. The highest BCUT2D eigenvalue weighted by atomic mass is 16.5. The number of fused-ring (bicyclic) bond motifs is 1. The van der Waals surface area contributed by atoms with Gasteiger partial charge in [0.25, 0.3) is 0 Å². The molecule has 0 aliphatic carbocycles. The highest BCUT2D eigenvalue weighted by Gasteiger charge is 2.36. The molecule has 2 aliphatic heterocycles. The highest BCUT2D eigenvalue weighted by molar-refractivity contribution is 5.83. The number of aryl methyl sites for hydroxylation is 1. The molecule has 0 spiro atoms. The zero-order valence-electron chi connectivity index (χ0n) is 16.4. The van der Waals surface area contributed by atoms with E-state index in [0.717, 1.165) is 44.2 Å². The first kappa shape index (κ1) is 18.4. The Morgan fingerprint density at radius 2 is 2.26 bits per heavy atom. The summed E-state index contributed by atoms with van der Waals surface area (Å²) < 4.78 is 7.37. The summed E-state index contributed by atoms with van der Waals surface area (Å²) >= 11 is 0. The lowest BCUT2D eigenvalue weighted by Crippen LogP contribution is -2.61. The van der Waals surface area contributed by atoms with E-state index < -0.39 is 5.54 Å². The molecule has 2 aliphatic rings. The average Bonchev–Trinajstić information content (AvgIpc) is 3.04. The molecule has 2 fully saturated rings. The Kier molecular flexibility index (Phi) is 4.92. The molecular formula is C20H29N5O2. The minimum Gasteiger partial charge on any atom is -0.381 e. The van der Waals surface area contributed by atoms with E-state index in [9.17, 15) is 4.79 Å². The lowest BCUT2D eigenvalue weighted by atomic mass is 10.0. The third kappa shape index (κ3) is 3.59. The van der Waals surface area contributed by atoms with Gasteiger partial charge in [-0.1, -0.05) is 6.07 Å². The van der Waals surface area contributed by atoms with Crippen LogP contribution in [0.15, 0.2) is 24.5 Å². The summed E-state index contributed by atoms with van der Waals surface area (Å²) in [6, 6.07) is 3.92. The van der Waals surface area contributed by atoms with E-state index >= 15 is 0 Å². The number of hydrogen-bond acceptors (Lipinski definition) is 5. The van der Waals surface area contributed by atoms with Crippen molar-refractivity contribution in [1.29, 1.82) is 0 Å². The van der Waals surface area contributed by atoms with Crippen LogP contribution in [-0.4, -0.2) is 65.6 Å². The summed E-state index contributed by atoms with van der Waals surface area (Å²) in [5.74, 6) is 1.44. The van der Waals surface area contributed by atoms with Crippen LogP contribution in [0, 0.1) is 12.8 Å². The third-order valence-electron chi connectivity index (χ3n) is 5.63. The van der Waals surface area contributed by atoms with Crippen molar-refractivity contribution >= 4 is 11.4 Å². The smallest absolute Gasteiger partial charge is 0.239 e. The molecule has 2 aromatic heterocycles. The van der Waals surface area contributed by atoms with Crippen LogP contribution in [0.5, 0.6) is 0 Å². The second-order valence-electron chi connectivity index (χ2n) is 8.26. The zero-order valence-corrected chi connectivity index (χ0v) is 16.4. The van der Waals surface area contributed by atoms with Crippen molar-refractivity contribution in [3.05, 3.63) is 35.9 Å². The fourth-order valence-corrected chi connectivity index (χ4v) is 4.02. The van der Waals surface area contributed by atoms with Crippen LogP contribution in [0.2, 0.25) is 0 Å². The Morgan fingerprint density at radius 1 is 1.44 bits per heavy atom. The quantitative estimate of drug-likeness (QED) is 0.818. The summed E-state index contributed by atoms with van der Waals surface area (Å²) in [7, 11) is 0. The number of amides is 1. The Morgan fingerprint density at radius 3 is 3.00 bits per heavy atom. The Balaban J connectivity index is 1.51. The molecule has 2 aromatic rings. The molecule has 146 valence electrons. The number of hydrogen-bond donors (Lipinski definition) is 2. The van der Waals surface area contributed by atoms with Gasteiger partial charge in [-0.05, 0) is 32.4 Å². The highest BCUT2D eigenvalue weighted by Crippen LogP contribution is 2.23. The molecule has 0 radical (unpaired) electrons. The van der Waals surface area contributed by atoms with Gasteiger partial charge in [0.15, 0.2) is 0 Å². The molecule has 2 saturated heterocycles. The molecule has 0 aromatic carbocycles. The van der Waals surface area contributed by atoms with Crippen molar-refractivity contribution in [2.75, 3.05) is 39.4 Å². The van der Waals surface area contributed by atoms with E-state index in [4.69, 9.17) is 4.74 Å². The topological polar surface area (TPSA) is 70.9 Å². The molecule has 4 heterocycles. The first-order chi connectivity index (χ1) is 13.0. The predicted molar refractivity (Wildman–Crippen MR) is 104 cm³/mol. The molecule has 1 amide bonds. The van der Waals surface area contributed by atoms with Crippen molar-refractivity contribution in [3.63, 3.8) is 0 Å². The molecule has 7 heteroatoms. The van der Waals surface area contributed by atoms with Crippen LogP contribution in [0.3, 0.4) is 0 Å². The second-order valence-corrected chi connectivity index (χ2v) is 8.26. The SMILES string of the molecule is Cc1cccn2c(C(C)(C)NC(=O)[C@H]3CNCCN3CC3COC3)ncc12. The molecule has 27 heavy (non-hydrogen) atoms. The van der Waals surface area contributed by atoms with Gasteiger partial charge in [0.05, 0.1) is 30.5 Å². The number of piperazine rings is 1. The van der Waals surface area contributed by atoms with Gasteiger partial charge in [-0.15, -0.1) is 0 Å². The number of pyridine rings is 1. The summed E-state index contributed by atoms with van der Waals surface area (Å²) in [4.78, 5) is 20.1. The van der Waals surface area contributed by atoms with Crippen molar-refractivity contribution in [1.82, 2.24) is 24.9 Å². The number of imidazole rings is 1. The molecule has 0 saturated carbocycles. The van der Waals surface area contributed by atoms with Gasteiger partial charge in [0, 0.05) is 38.3 Å². The van der Waals surface area contributed by atoms with Crippen LogP contribution in [-0.2, 0) is 15.1 Å². The van der Waals surface area contributed by atoms with Gasteiger partial charge < -0.3 is 19.8 Å². The van der Waals surface area contributed by atoms with E-state index in [1.165, 1.54) is 5.56 Å².